The largest absolute Gasteiger partial charge is 0.416 e. The lowest BCUT2D eigenvalue weighted by atomic mass is 10.1. The van der Waals surface area contributed by atoms with Crippen LogP contribution in [0.4, 0.5) is 18.9 Å². The van der Waals surface area contributed by atoms with Gasteiger partial charge in [0.05, 0.1) is 16.7 Å². The van der Waals surface area contributed by atoms with Crippen LogP contribution in [0.3, 0.4) is 0 Å². The molecule has 0 aromatic heterocycles. The van der Waals surface area contributed by atoms with Crippen LogP contribution in [0.2, 0.25) is 0 Å². The molecule has 0 spiro atoms. The Labute approximate surface area is 141 Å². The Morgan fingerprint density at radius 3 is 1.92 bits per heavy atom. The van der Waals surface area contributed by atoms with Crippen molar-refractivity contribution in [1.82, 2.24) is 10.3 Å². The normalized spacial score (nSPS) is 15.3. The summed E-state index contributed by atoms with van der Waals surface area (Å²) in [4.78, 5) is 25.7. The zero-order valence-corrected chi connectivity index (χ0v) is 13.1. The van der Waals surface area contributed by atoms with Crippen LogP contribution in [0.1, 0.15) is 33.2 Å². The molecule has 0 aliphatic carbocycles. The predicted octanol–water partition coefficient (Wildman–Crippen LogP) is 3.26. The molecule has 0 saturated heterocycles. The first-order chi connectivity index (χ1) is 11.8. The van der Waals surface area contributed by atoms with E-state index in [1.54, 1.807) is 31.2 Å². The molecule has 0 fully saturated rings. The van der Waals surface area contributed by atoms with Crippen LogP contribution >= 0.6 is 0 Å². The molecule has 0 bridgehead atoms. The number of benzene rings is 2. The number of hydrogen-bond acceptors (Lipinski definition) is 4. The Kier molecular flexibility index (Phi) is 4.22. The second-order valence-electron chi connectivity index (χ2n) is 5.55. The van der Waals surface area contributed by atoms with E-state index in [4.69, 9.17) is 0 Å². The summed E-state index contributed by atoms with van der Waals surface area (Å²) in [5, 5.41) is 0. The topological polar surface area (TPSA) is 61.4 Å². The van der Waals surface area contributed by atoms with Crippen molar-refractivity contribution in [3.63, 3.8) is 0 Å². The summed E-state index contributed by atoms with van der Waals surface area (Å²) < 4.78 is 37.6. The van der Waals surface area contributed by atoms with E-state index in [0.29, 0.717) is 16.8 Å². The second kappa shape index (κ2) is 6.21. The third-order valence-electron chi connectivity index (χ3n) is 3.85. The molecule has 0 radical (unpaired) electrons. The van der Waals surface area contributed by atoms with Crippen LogP contribution in [-0.4, -0.2) is 22.9 Å². The molecule has 5 nitrogen and oxygen atoms in total. The monoisotopic (exact) mass is 349 g/mol. The van der Waals surface area contributed by atoms with Gasteiger partial charge in [-0.2, -0.15) is 13.2 Å². The highest BCUT2D eigenvalue weighted by Crippen LogP contribution is 2.29. The first-order valence-corrected chi connectivity index (χ1v) is 7.45. The van der Waals surface area contributed by atoms with Gasteiger partial charge in [0.15, 0.2) is 0 Å². The van der Waals surface area contributed by atoms with Crippen LogP contribution in [-0.2, 0) is 6.18 Å². The van der Waals surface area contributed by atoms with E-state index < -0.39 is 29.7 Å². The van der Waals surface area contributed by atoms with E-state index in [9.17, 15) is 22.8 Å². The SMILES string of the molecule is CC(NNc1ccc(C(F)(F)F)cc1)N1C(=O)c2ccccc2C1=O. The molecule has 130 valence electrons. The van der Waals surface area contributed by atoms with Crippen LogP contribution in [0.25, 0.3) is 0 Å². The van der Waals surface area contributed by atoms with E-state index >= 15 is 0 Å². The third-order valence-corrected chi connectivity index (χ3v) is 3.85. The van der Waals surface area contributed by atoms with Crippen LogP contribution in [0.5, 0.6) is 0 Å². The molecule has 1 heterocycles. The number of hydrazine groups is 1. The summed E-state index contributed by atoms with van der Waals surface area (Å²) in [5.41, 5.74) is 5.72. The van der Waals surface area contributed by atoms with Crippen LogP contribution in [0.15, 0.2) is 48.5 Å². The molecule has 2 amide bonds. The molecule has 0 saturated carbocycles. The smallest absolute Gasteiger partial charge is 0.320 e. The van der Waals surface area contributed by atoms with Crippen LogP contribution in [0, 0.1) is 0 Å². The lowest BCUT2D eigenvalue weighted by Gasteiger charge is -2.24. The molecule has 1 aliphatic rings. The number of rotatable bonds is 4. The summed E-state index contributed by atoms with van der Waals surface area (Å²) in [5.74, 6) is -0.843. The van der Waals surface area contributed by atoms with Gasteiger partial charge in [0.1, 0.15) is 6.17 Å². The molecular formula is C17H14F3N3O2. The summed E-state index contributed by atoms with van der Waals surface area (Å²) in [6.07, 6.45) is -5.10. The third kappa shape index (κ3) is 3.20. The molecular weight excluding hydrogens is 335 g/mol. The maximum absolute atomic E-state index is 12.5. The molecule has 2 aromatic rings. The zero-order valence-electron chi connectivity index (χ0n) is 13.1. The number of nitrogens with one attached hydrogen (secondary N) is 2. The lowest BCUT2D eigenvalue weighted by Crippen LogP contribution is -2.48. The second-order valence-corrected chi connectivity index (χ2v) is 5.55. The van der Waals surface area contributed by atoms with Gasteiger partial charge in [0, 0.05) is 5.69 Å². The van der Waals surface area contributed by atoms with Crippen molar-refractivity contribution in [2.75, 3.05) is 5.43 Å². The number of halogens is 3. The van der Waals surface area contributed by atoms with Crippen molar-refractivity contribution >= 4 is 17.5 Å². The van der Waals surface area contributed by atoms with Gasteiger partial charge in [-0.1, -0.05) is 12.1 Å². The highest BCUT2D eigenvalue weighted by molar-refractivity contribution is 6.21. The number of anilines is 1. The van der Waals surface area contributed by atoms with Crippen molar-refractivity contribution in [3.05, 3.63) is 65.2 Å². The minimum Gasteiger partial charge on any atom is -0.320 e. The number of nitrogens with zero attached hydrogens (tertiary/aromatic N) is 1. The van der Waals surface area contributed by atoms with Crippen molar-refractivity contribution in [1.29, 1.82) is 0 Å². The predicted molar refractivity (Wildman–Crippen MR) is 84.6 cm³/mol. The lowest BCUT2D eigenvalue weighted by molar-refractivity contribution is -0.137. The standard InChI is InChI=1S/C17H14F3N3O2/c1-10(21-22-12-8-6-11(7-9-12)17(18,19)20)23-15(24)13-4-2-3-5-14(13)16(23)25/h2-10,21-22H,1H3. The maximum atomic E-state index is 12.5. The number of carbonyl (C=O) groups is 2. The average Bonchev–Trinajstić information content (AvgIpc) is 2.84. The Morgan fingerprint density at radius 2 is 1.44 bits per heavy atom. The fourth-order valence-corrected chi connectivity index (χ4v) is 2.55. The van der Waals surface area contributed by atoms with Crippen molar-refractivity contribution in [3.8, 4) is 0 Å². The van der Waals surface area contributed by atoms with Gasteiger partial charge < -0.3 is 5.43 Å². The van der Waals surface area contributed by atoms with Crippen molar-refractivity contribution in [2.24, 2.45) is 0 Å². The van der Waals surface area contributed by atoms with Crippen molar-refractivity contribution in [2.45, 2.75) is 19.3 Å². The molecule has 2 N–H and O–H groups in total. The fourth-order valence-electron chi connectivity index (χ4n) is 2.55. The number of carbonyl (C=O) groups excluding carboxylic acids is 2. The molecule has 8 heteroatoms. The highest BCUT2D eigenvalue weighted by Gasteiger charge is 2.38. The first kappa shape index (κ1) is 17.0. The van der Waals surface area contributed by atoms with Gasteiger partial charge in [0.25, 0.3) is 11.8 Å². The van der Waals surface area contributed by atoms with Crippen molar-refractivity contribution < 1.29 is 22.8 Å². The first-order valence-electron chi connectivity index (χ1n) is 7.45. The summed E-state index contributed by atoms with van der Waals surface area (Å²) >= 11 is 0. The highest BCUT2D eigenvalue weighted by atomic mass is 19.4. The molecule has 1 unspecified atom stereocenters. The van der Waals surface area contributed by atoms with Crippen LogP contribution < -0.4 is 10.9 Å². The van der Waals surface area contributed by atoms with Gasteiger partial charge in [0.2, 0.25) is 0 Å². The minimum atomic E-state index is -4.40. The number of hydrogen-bond donors (Lipinski definition) is 2. The molecule has 1 atom stereocenters. The average molecular weight is 349 g/mol. The Morgan fingerprint density at radius 1 is 0.920 bits per heavy atom. The number of fused-ring (bicyclic) bond motifs is 1. The Balaban J connectivity index is 1.67. The van der Waals surface area contributed by atoms with E-state index in [-0.39, 0.29) is 0 Å². The van der Waals surface area contributed by atoms with E-state index in [1.165, 1.54) is 12.1 Å². The molecule has 1 aliphatic heterocycles. The van der Waals surface area contributed by atoms with E-state index in [1.807, 2.05) is 0 Å². The minimum absolute atomic E-state index is 0.329. The van der Waals surface area contributed by atoms with Gasteiger partial charge in [-0.25, -0.2) is 5.43 Å². The summed E-state index contributed by atoms with van der Waals surface area (Å²) in [6.45, 7) is 1.60. The Hall–Kier alpha value is -2.87. The maximum Gasteiger partial charge on any atom is 0.416 e. The molecule has 2 aromatic carbocycles. The summed E-state index contributed by atoms with van der Waals surface area (Å²) in [6, 6.07) is 10.9. The summed E-state index contributed by atoms with van der Waals surface area (Å²) in [7, 11) is 0. The zero-order chi connectivity index (χ0) is 18.2. The molecule has 25 heavy (non-hydrogen) atoms. The van der Waals surface area contributed by atoms with E-state index in [2.05, 4.69) is 10.9 Å². The molecule has 3 rings (SSSR count). The van der Waals surface area contributed by atoms with Gasteiger partial charge in [-0.15, -0.1) is 0 Å². The number of imide groups is 1. The van der Waals surface area contributed by atoms with Gasteiger partial charge in [-0.3, -0.25) is 14.5 Å². The number of alkyl halides is 3. The fraction of sp³-hybridized carbons (Fsp3) is 0.176. The van der Waals surface area contributed by atoms with Gasteiger partial charge in [-0.05, 0) is 43.3 Å². The van der Waals surface area contributed by atoms with E-state index in [0.717, 1.165) is 17.0 Å². The Bertz CT molecular complexity index is 784. The van der Waals surface area contributed by atoms with Gasteiger partial charge >= 0.3 is 6.18 Å². The number of amides is 2. The quantitative estimate of drug-likeness (QED) is 0.657.